The van der Waals surface area contributed by atoms with E-state index in [9.17, 15) is 18.8 Å². The first-order valence-electron chi connectivity index (χ1n) is 9.77. The Labute approximate surface area is 178 Å². The molecule has 1 aliphatic rings. The predicted molar refractivity (Wildman–Crippen MR) is 114 cm³/mol. The van der Waals surface area contributed by atoms with Crippen molar-refractivity contribution < 1.29 is 23.2 Å². The summed E-state index contributed by atoms with van der Waals surface area (Å²) in [6, 6.07) is 13.9. The van der Waals surface area contributed by atoms with Crippen LogP contribution in [0.4, 0.5) is 21.5 Å². The predicted octanol–water partition coefficient (Wildman–Crippen LogP) is 4.07. The third-order valence-electron chi connectivity index (χ3n) is 5.12. The Balaban J connectivity index is 1.55. The molecule has 8 heteroatoms. The lowest BCUT2D eigenvalue weighted by molar-refractivity contribution is -0.117. The van der Waals surface area contributed by atoms with Gasteiger partial charge in [-0.3, -0.25) is 14.4 Å². The molecule has 0 unspecified atom stereocenters. The number of carbonyl (C=O) groups excluding carboxylic acids is 3. The highest BCUT2D eigenvalue weighted by atomic mass is 19.1. The lowest BCUT2D eigenvalue weighted by Crippen LogP contribution is -2.28. The van der Waals surface area contributed by atoms with Gasteiger partial charge in [-0.15, -0.1) is 0 Å². The second-order valence-corrected chi connectivity index (χ2v) is 7.13. The third-order valence-corrected chi connectivity index (χ3v) is 5.12. The van der Waals surface area contributed by atoms with Crippen molar-refractivity contribution in [1.82, 2.24) is 0 Å². The molecular weight excluding hydrogens is 401 g/mol. The van der Waals surface area contributed by atoms with Crippen LogP contribution < -0.4 is 15.1 Å². The van der Waals surface area contributed by atoms with Crippen molar-refractivity contribution in [2.45, 2.75) is 12.8 Å². The van der Waals surface area contributed by atoms with Gasteiger partial charge in [-0.25, -0.2) is 4.39 Å². The quantitative estimate of drug-likeness (QED) is 0.673. The number of nitrogens with one attached hydrogen (secondary N) is 1. The number of hydrogen-bond acceptors (Lipinski definition) is 4. The van der Waals surface area contributed by atoms with E-state index in [-0.39, 0.29) is 28.6 Å². The highest BCUT2D eigenvalue weighted by Gasteiger charge is 2.25. The lowest BCUT2D eigenvalue weighted by Gasteiger charge is -2.20. The van der Waals surface area contributed by atoms with Gasteiger partial charge in [0.1, 0.15) is 5.82 Å². The number of nitrogens with zero attached hydrogens (tertiary/aromatic N) is 2. The van der Waals surface area contributed by atoms with Gasteiger partial charge in [-0.05, 0) is 48.9 Å². The Morgan fingerprint density at radius 3 is 2.61 bits per heavy atom. The number of amides is 3. The number of benzene rings is 2. The summed E-state index contributed by atoms with van der Waals surface area (Å²) in [7, 11) is 1.54. The summed E-state index contributed by atoms with van der Waals surface area (Å²) >= 11 is 0. The van der Waals surface area contributed by atoms with E-state index < -0.39 is 17.6 Å². The van der Waals surface area contributed by atoms with Gasteiger partial charge in [0.05, 0.1) is 23.2 Å². The molecule has 0 bridgehead atoms. The summed E-state index contributed by atoms with van der Waals surface area (Å²) in [5.74, 6) is -1.47. The molecule has 1 aliphatic heterocycles. The van der Waals surface area contributed by atoms with Crippen molar-refractivity contribution in [2.24, 2.45) is 0 Å². The monoisotopic (exact) mass is 421 g/mol. The fraction of sp³-hybridized carbons (Fsp3) is 0.174. The molecule has 3 amide bonds. The van der Waals surface area contributed by atoms with Crippen LogP contribution in [0, 0.1) is 5.82 Å². The molecule has 1 N–H and O–H groups in total. The van der Waals surface area contributed by atoms with Crippen molar-refractivity contribution in [3.63, 3.8) is 0 Å². The zero-order valence-electron chi connectivity index (χ0n) is 16.8. The van der Waals surface area contributed by atoms with Crippen molar-refractivity contribution in [3.05, 3.63) is 78.0 Å². The molecule has 1 saturated heterocycles. The van der Waals surface area contributed by atoms with E-state index in [1.165, 1.54) is 34.3 Å². The first-order valence-corrected chi connectivity index (χ1v) is 9.77. The van der Waals surface area contributed by atoms with Crippen LogP contribution in [0.25, 0.3) is 0 Å². The van der Waals surface area contributed by atoms with E-state index in [0.29, 0.717) is 25.1 Å². The molecule has 1 fully saturated rings. The minimum absolute atomic E-state index is 0.117. The smallest absolute Gasteiger partial charge is 0.293 e. The van der Waals surface area contributed by atoms with Gasteiger partial charge in [0.2, 0.25) is 5.91 Å². The maximum Gasteiger partial charge on any atom is 0.293 e. The molecule has 7 nitrogen and oxygen atoms in total. The minimum atomic E-state index is -0.591. The molecule has 1 aromatic heterocycles. The van der Waals surface area contributed by atoms with Crippen molar-refractivity contribution in [3.8, 4) is 0 Å². The summed E-state index contributed by atoms with van der Waals surface area (Å²) in [6.07, 6.45) is 2.49. The number of furan rings is 1. The molecule has 2 aromatic carbocycles. The summed E-state index contributed by atoms with van der Waals surface area (Å²) in [6.45, 7) is 0.477. The van der Waals surface area contributed by atoms with Crippen LogP contribution in [0.1, 0.15) is 33.8 Å². The molecule has 0 radical (unpaired) electrons. The Kier molecular flexibility index (Phi) is 5.53. The first-order chi connectivity index (χ1) is 15.0. The lowest BCUT2D eigenvalue weighted by atomic mass is 10.1. The van der Waals surface area contributed by atoms with E-state index in [1.54, 1.807) is 43.4 Å². The molecule has 4 rings (SSSR count). The van der Waals surface area contributed by atoms with Crippen LogP contribution in [0.15, 0.2) is 65.3 Å². The van der Waals surface area contributed by atoms with Gasteiger partial charge < -0.3 is 19.5 Å². The van der Waals surface area contributed by atoms with Crippen LogP contribution in [-0.2, 0) is 4.79 Å². The van der Waals surface area contributed by atoms with Gasteiger partial charge in [0.25, 0.3) is 11.8 Å². The summed E-state index contributed by atoms with van der Waals surface area (Å²) in [5, 5.41) is 2.65. The molecule has 0 atom stereocenters. The Morgan fingerprint density at radius 2 is 1.94 bits per heavy atom. The van der Waals surface area contributed by atoms with Crippen molar-refractivity contribution in [1.29, 1.82) is 0 Å². The molecule has 158 valence electrons. The number of hydrogen-bond donors (Lipinski definition) is 1. The van der Waals surface area contributed by atoms with Crippen LogP contribution in [0.2, 0.25) is 0 Å². The van der Waals surface area contributed by atoms with Crippen molar-refractivity contribution in [2.75, 3.05) is 28.7 Å². The number of anilines is 3. The van der Waals surface area contributed by atoms with Crippen LogP contribution >= 0.6 is 0 Å². The van der Waals surface area contributed by atoms with Gasteiger partial charge in [-0.1, -0.05) is 12.1 Å². The van der Waals surface area contributed by atoms with E-state index in [1.807, 2.05) is 0 Å². The van der Waals surface area contributed by atoms with Crippen LogP contribution in [-0.4, -0.2) is 31.3 Å². The number of para-hydroxylation sites is 1. The molecule has 0 spiro atoms. The van der Waals surface area contributed by atoms with E-state index in [0.717, 1.165) is 0 Å². The third kappa shape index (κ3) is 4.05. The zero-order valence-corrected chi connectivity index (χ0v) is 16.8. The highest BCUT2D eigenvalue weighted by Crippen LogP contribution is 2.28. The second kappa shape index (κ2) is 8.43. The number of carbonyl (C=O) groups is 3. The van der Waals surface area contributed by atoms with Gasteiger partial charge in [-0.2, -0.15) is 0 Å². The SMILES string of the molecule is CN(C(=O)c1ccco1)c1ccccc1C(=O)Nc1ccc(N2CCCC2=O)c(F)c1. The fourth-order valence-electron chi connectivity index (χ4n) is 3.54. The summed E-state index contributed by atoms with van der Waals surface area (Å²) in [4.78, 5) is 40.1. The average Bonchev–Trinajstić information content (AvgIpc) is 3.45. The highest BCUT2D eigenvalue weighted by molar-refractivity contribution is 6.12. The van der Waals surface area contributed by atoms with Gasteiger partial charge in [0, 0.05) is 25.7 Å². The Morgan fingerprint density at radius 1 is 1.13 bits per heavy atom. The summed E-state index contributed by atoms with van der Waals surface area (Å²) < 4.78 is 19.7. The average molecular weight is 421 g/mol. The maximum absolute atomic E-state index is 14.6. The molecule has 31 heavy (non-hydrogen) atoms. The molecule has 0 aliphatic carbocycles. The fourth-order valence-corrected chi connectivity index (χ4v) is 3.54. The van der Waals surface area contributed by atoms with Crippen LogP contribution in [0.5, 0.6) is 0 Å². The standard InChI is InChI=1S/C23H20FN3O4/c1-26(23(30)20-8-5-13-31-20)18-7-3-2-6-16(18)22(29)25-15-10-11-19(17(24)14-15)27-12-4-9-21(27)28/h2-3,5-8,10-11,13-14H,4,9,12H2,1H3,(H,25,29). The molecule has 0 saturated carbocycles. The zero-order chi connectivity index (χ0) is 22.0. The Hall–Kier alpha value is -3.94. The molecule has 3 aromatic rings. The van der Waals surface area contributed by atoms with Crippen LogP contribution in [0.3, 0.4) is 0 Å². The van der Waals surface area contributed by atoms with E-state index >= 15 is 0 Å². The molecule has 2 heterocycles. The molecular formula is C23H20FN3O4. The van der Waals surface area contributed by atoms with Crippen molar-refractivity contribution >= 4 is 34.8 Å². The number of halogens is 1. The summed E-state index contributed by atoms with van der Waals surface area (Å²) in [5.41, 5.74) is 1.06. The maximum atomic E-state index is 14.6. The number of rotatable bonds is 5. The first kappa shape index (κ1) is 20.3. The largest absolute Gasteiger partial charge is 0.459 e. The van der Waals surface area contributed by atoms with E-state index in [2.05, 4.69) is 5.32 Å². The van der Waals surface area contributed by atoms with Gasteiger partial charge >= 0.3 is 0 Å². The Bertz CT molecular complexity index is 1140. The minimum Gasteiger partial charge on any atom is -0.459 e. The van der Waals surface area contributed by atoms with Gasteiger partial charge in [0.15, 0.2) is 5.76 Å². The second-order valence-electron chi connectivity index (χ2n) is 7.13. The normalized spacial score (nSPS) is 13.4. The van der Waals surface area contributed by atoms with E-state index in [4.69, 9.17) is 4.42 Å². The topological polar surface area (TPSA) is 82.9 Å².